The molecule has 0 saturated carbocycles. The van der Waals surface area contributed by atoms with Crippen molar-refractivity contribution in [1.82, 2.24) is 0 Å². The first-order chi connectivity index (χ1) is 6.46. The Balaban J connectivity index is 3.14. The highest BCUT2D eigenvalue weighted by Gasteiger charge is 2.41. The lowest BCUT2D eigenvalue weighted by molar-refractivity contribution is -0.156. The Kier molecular flexibility index (Phi) is 3.31. The lowest BCUT2D eigenvalue weighted by Gasteiger charge is -2.15. The first kappa shape index (κ1) is 11.2. The first-order valence-corrected chi connectivity index (χ1v) is 4.52. The average molecular weight is 267 g/mol. The molecule has 0 radical (unpaired) electrons. The fourth-order valence-electron chi connectivity index (χ4n) is 1.05. The number of hydrogen-bond donors (Lipinski definition) is 0. The van der Waals surface area contributed by atoms with Gasteiger partial charge in [0, 0.05) is 4.47 Å². The standard InChI is InChI=1S/C9H6BrF3O/c10-8-4-2-1-3-6(8)7(5-14)9(11,12)13/h1-5,7H. The second-order valence-corrected chi connectivity index (χ2v) is 3.53. The summed E-state index contributed by atoms with van der Waals surface area (Å²) in [6.45, 7) is 0. The van der Waals surface area contributed by atoms with Crippen LogP contribution in [0, 0.1) is 0 Å². The second kappa shape index (κ2) is 4.13. The summed E-state index contributed by atoms with van der Waals surface area (Å²) in [5, 5.41) is 0. The van der Waals surface area contributed by atoms with Gasteiger partial charge in [0.05, 0.1) is 0 Å². The first-order valence-electron chi connectivity index (χ1n) is 3.73. The predicted octanol–water partition coefficient (Wildman–Crippen LogP) is 3.29. The van der Waals surface area contributed by atoms with Gasteiger partial charge < -0.3 is 4.79 Å². The molecule has 0 amide bonds. The van der Waals surface area contributed by atoms with Crippen molar-refractivity contribution >= 4 is 22.2 Å². The normalized spacial score (nSPS) is 13.7. The highest BCUT2D eigenvalue weighted by atomic mass is 79.9. The number of carbonyl (C=O) groups is 1. The van der Waals surface area contributed by atoms with Crippen LogP contribution < -0.4 is 0 Å². The van der Waals surface area contributed by atoms with E-state index in [1.54, 1.807) is 6.07 Å². The molecule has 0 aliphatic heterocycles. The maximum atomic E-state index is 12.3. The minimum absolute atomic E-state index is 0.0602. The summed E-state index contributed by atoms with van der Waals surface area (Å²) in [6, 6.07) is 5.79. The van der Waals surface area contributed by atoms with Gasteiger partial charge >= 0.3 is 6.18 Å². The third kappa shape index (κ3) is 2.35. The molecule has 0 aromatic heterocycles. The van der Waals surface area contributed by atoms with Crippen LogP contribution in [0.3, 0.4) is 0 Å². The molecule has 14 heavy (non-hydrogen) atoms. The topological polar surface area (TPSA) is 17.1 Å². The number of hydrogen-bond acceptors (Lipinski definition) is 1. The van der Waals surface area contributed by atoms with Crippen LogP contribution in [0.15, 0.2) is 28.7 Å². The monoisotopic (exact) mass is 266 g/mol. The molecular formula is C9H6BrF3O. The zero-order chi connectivity index (χ0) is 10.8. The van der Waals surface area contributed by atoms with Gasteiger partial charge in [0.2, 0.25) is 0 Å². The predicted molar refractivity (Wildman–Crippen MR) is 49.0 cm³/mol. The van der Waals surface area contributed by atoms with Crippen molar-refractivity contribution < 1.29 is 18.0 Å². The molecule has 1 nitrogen and oxygen atoms in total. The number of halogens is 4. The molecule has 1 aromatic carbocycles. The Morgan fingerprint density at radius 3 is 2.29 bits per heavy atom. The quantitative estimate of drug-likeness (QED) is 0.751. The molecule has 0 bridgehead atoms. The van der Waals surface area contributed by atoms with Gasteiger partial charge in [-0.25, -0.2) is 0 Å². The zero-order valence-corrected chi connectivity index (χ0v) is 8.47. The molecule has 1 unspecified atom stereocenters. The van der Waals surface area contributed by atoms with E-state index in [2.05, 4.69) is 15.9 Å². The molecule has 0 heterocycles. The Bertz CT molecular complexity index is 335. The third-order valence-electron chi connectivity index (χ3n) is 1.73. The Hall–Kier alpha value is -0.840. The van der Waals surface area contributed by atoms with Gasteiger partial charge in [0.25, 0.3) is 0 Å². The highest BCUT2D eigenvalue weighted by molar-refractivity contribution is 9.10. The molecule has 0 spiro atoms. The van der Waals surface area contributed by atoms with Crippen molar-refractivity contribution in [2.24, 2.45) is 0 Å². The van der Waals surface area contributed by atoms with Crippen LogP contribution in [0.2, 0.25) is 0 Å². The maximum absolute atomic E-state index is 12.3. The van der Waals surface area contributed by atoms with Crippen molar-refractivity contribution in [2.45, 2.75) is 12.1 Å². The Morgan fingerprint density at radius 2 is 1.86 bits per heavy atom. The van der Waals surface area contributed by atoms with Gasteiger partial charge in [-0.15, -0.1) is 0 Å². The SMILES string of the molecule is O=CC(c1ccccc1Br)C(F)(F)F. The minimum atomic E-state index is -4.54. The molecular weight excluding hydrogens is 261 g/mol. The molecule has 1 aromatic rings. The lowest BCUT2D eigenvalue weighted by atomic mass is 10.0. The fourth-order valence-corrected chi connectivity index (χ4v) is 1.59. The number of benzene rings is 1. The zero-order valence-electron chi connectivity index (χ0n) is 6.88. The van der Waals surface area contributed by atoms with Crippen molar-refractivity contribution in [3.63, 3.8) is 0 Å². The van der Waals surface area contributed by atoms with Crippen LogP contribution in [0.4, 0.5) is 13.2 Å². The summed E-state index contributed by atoms with van der Waals surface area (Å²) < 4.78 is 37.3. The molecule has 0 N–H and O–H groups in total. The molecule has 1 rings (SSSR count). The summed E-state index contributed by atoms with van der Waals surface area (Å²) in [5.41, 5.74) is -0.0602. The van der Waals surface area contributed by atoms with E-state index >= 15 is 0 Å². The van der Waals surface area contributed by atoms with E-state index in [0.29, 0.717) is 0 Å². The molecule has 0 saturated heterocycles. The summed E-state index contributed by atoms with van der Waals surface area (Å²) in [6.07, 6.45) is -4.63. The van der Waals surface area contributed by atoms with Gasteiger partial charge in [0.1, 0.15) is 12.2 Å². The summed E-state index contributed by atoms with van der Waals surface area (Å²) in [7, 11) is 0. The molecule has 5 heteroatoms. The minimum Gasteiger partial charge on any atom is -0.302 e. The molecule has 1 atom stereocenters. The van der Waals surface area contributed by atoms with Crippen LogP contribution in [-0.4, -0.2) is 12.5 Å². The van der Waals surface area contributed by atoms with Gasteiger partial charge in [0.15, 0.2) is 0 Å². The van der Waals surface area contributed by atoms with Crippen molar-refractivity contribution in [3.05, 3.63) is 34.3 Å². The number of alkyl halides is 3. The molecule has 76 valence electrons. The number of aldehydes is 1. The van der Waals surface area contributed by atoms with Crippen LogP contribution >= 0.6 is 15.9 Å². The second-order valence-electron chi connectivity index (χ2n) is 2.68. The van der Waals surface area contributed by atoms with Gasteiger partial charge in [-0.1, -0.05) is 34.1 Å². The van der Waals surface area contributed by atoms with Crippen molar-refractivity contribution in [3.8, 4) is 0 Å². The van der Waals surface area contributed by atoms with Crippen molar-refractivity contribution in [2.75, 3.05) is 0 Å². The van der Waals surface area contributed by atoms with Crippen LogP contribution in [0.5, 0.6) is 0 Å². The largest absolute Gasteiger partial charge is 0.402 e. The van der Waals surface area contributed by atoms with E-state index in [0.717, 1.165) is 0 Å². The number of rotatable bonds is 2. The molecule has 0 aliphatic rings. The van der Waals surface area contributed by atoms with E-state index in [-0.39, 0.29) is 16.3 Å². The summed E-state index contributed by atoms with van der Waals surface area (Å²) in [5.74, 6) is -2.06. The average Bonchev–Trinajstić information content (AvgIpc) is 2.07. The van der Waals surface area contributed by atoms with E-state index in [4.69, 9.17) is 0 Å². The lowest BCUT2D eigenvalue weighted by Crippen LogP contribution is -2.22. The van der Waals surface area contributed by atoms with Crippen LogP contribution in [-0.2, 0) is 4.79 Å². The van der Waals surface area contributed by atoms with Gasteiger partial charge in [-0.2, -0.15) is 13.2 Å². The smallest absolute Gasteiger partial charge is 0.302 e. The van der Waals surface area contributed by atoms with E-state index in [9.17, 15) is 18.0 Å². The molecule has 0 aliphatic carbocycles. The van der Waals surface area contributed by atoms with Gasteiger partial charge in [-0.05, 0) is 11.6 Å². The third-order valence-corrected chi connectivity index (χ3v) is 2.45. The Labute approximate surface area is 87.1 Å². The van der Waals surface area contributed by atoms with E-state index in [1.807, 2.05) is 0 Å². The van der Waals surface area contributed by atoms with Crippen LogP contribution in [0.1, 0.15) is 11.5 Å². The summed E-state index contributed by atoms with van der Waals surface area (Å²) >= 11 is 2.97. The van der Waals surface area contributed by atoms with E-state index < -0.39 is 12.1 Å². The fraction of sp³-hybridized carbons (Fsp3) is 0.222. The Morgan fingerprint density at radius 1 is 1.29 bits per heavy atom. The van der Waals surface area contributed by atoms with E-state index in [1.165, 1.54) is 18.2 Å². The van der Waals surface area contributed by atoms with Gasteiger partial charge in [-0.3, -0.25) is 0 Å². The highest BCUT2D eigenvalue weighted by Crippen LogP contribution is 2.36. The number of carbonyl (C=O) groups excluding carboxylic acids is 1. The molecule has 0 fully saturated rings. The van der Waals surface area contributed by atoms with Crippen LogP contribution in [0.25, 0.3) is 0 Å². The van der Waals surface area contributed by atoms with Crippen molar-refractivity contribution in [1.29, 1.82) is 0 Å². The summed E-state index contributed by atoms with van der Waals surface area (Å²) in [4.78, 5) is 10.4. The maximum Gasteiger partial charge on any atom is 0.402 e.